The van der Waals surface area contributed by atoms with Crippen LogP contribution in [0.25, 0.3) is 15.8 Å². The quantitative estimate of drug-likeness (QED) is 0.379. The Labute approximate surface area is 149 Å². The van der Waals surface area contributed by atoms with Crippen LogP contribution in [0, 0.1) is 0 Å². The van der Waals surface area contributed by atoms with Gasteiger partial charge in [-0.2, -0.15) is 0 Å². The Kier molecular flexibility index (Phi) is 5.30. The van der Waals surface area contributed by atoms with Gasteiger partial charge in [-0.05, 0) is 23.3 Å². The summed E-state index contributed by atoms with van der Waals surface area (Å²) < 4.78 is 16.8. The van der Waals surface area contributed by atoms with Gasteiger partial charge in [0.2, 0.25) is 0 Å². The molecule has 3 aromatic rings. The summed E-state index contributed by atoms with van der Waals surface area (Å²) in [6.07, 6.45) is 1.38. The third-order valence-corrected chi connectivity index (χ3v) is 4.52. The lowest BCUT2D eigenvalue weighted by Gasteiger charge is -2.11. The predicted molar refractivity (Wildman–Crippen MR) is 97.4 cm³/mol. The average Bonchev–Trinajstić information content (AvgIpc) is 3.07. The zero-order valence-electron chi connectivity index (χ0n) is 13.9. The molecule has 0 N–H and O–H groups in total. The number of thiazole rings is 1. The highest BCUT2D eigenvalue weighted by molar-refractivity contribution is 7.20. The van der Waals surface area contributed by atoms with E-state index >= 15 is 0 Å². The number of ether oxygens (including phenoxy) is 3. The van der Waals surface area contributed by atoms with Crippen molar-refractivity contribution in [2.45, 2.75) is 6.61 Å². The molecule has 0 spiro atoms. The Morgan fingerprint density at radius 3 is 2.64 bits per heavy atom. The first-order valence-corrected chi connectivity index (χ1v) is 8.42. The SMILES string of the molecule is CO/C=C(/C(=O)OC)c1ccccc1COc1nc2ccccc2s1. The topological polar surface area (TPSA) is 57.7 Å². The third-order valence-electron chi connectivity index (χ3n) is 3.57. The van der Waals surface area contributed by atoms with Crippen molar-refractivity contribution >= 4 is 33.1 Å². The molecule has 0 saturated heterocycles. The van der Waals surface area contributed by atoms with Gasteiger partial charge >= 0.3 is 5.97 Å². The summed E-state index contributed by atoms with van der Waals surface area (Å²) in [4.78, 5) is 16.5. The number of esters is 1. The van der Waals surface area contributed by atoms with E-state index in [-0.39, 0.29) is 6.61 Å². The van der Waals surface area contributed by atoms with Crippen molar-refractivity contribution in [2.24, 2.45) is 0 Å². The van der Waals surface area contributed by atoms with E-state index in [9.17, 15) is 4.79 Å². The first-order chi connectivity index (χ1) is 12.2. The maximum atomic E-state index is 12.0. The number of carbonyl (C=O) groups excluding carboxylic acids is 1. The summed E-state index contributed by atoms with van der Waals surface area (Å²) in [7, 11) is 2.83. The van der Waals surface area contributed by atoms with Gasteiger partial charge in [0.1, 0.15) is 12.2 Å². The second-order valence-electron chi connectivity index (χ2n) is 5.15. The third kappa shape index (κ3) is 3.80. The summed E-state index contributed by atoms with van der Waals surface area (Å²) in [5.41, 5.74) is 2.80. The Hall–Kier alpha value is -2.86. The van der Waals surface area contributed by atoms with Crippen LogP contribution in [0.5, 0.6) is 5.19 Å². The van der Waals surface area contributed by atoms with E-state index in [2.05, 4.69) is 4.98 Å². The van der Waals surface area contributed by atoms with E-state index < -0.39 is 5.97 Å². The monoisotopic (exact) mass is 355 g/mol. The number of nitrogens with zero attached hydrogens (tertiary/aromatic N) is 1. The number of fused-ring (bicyclic) bond motifs is 1. The van der Waals surface area contributed by atoms with Crippen molar-refractivity contribution in [1.29, 1.82) is 0 Å². The molecule has 1 heterocycles. The van der Waals surface area contributed by atoms with Gasteiger partial charge < -0.3 is 14.2 Å². The Morgan fingerprint density at radius 1 is 1.12 bits per heavy atom. The minimum Gasteiger partial charge on any atom is -0.503 e. The van der Waals surface area contributed by atoms with Crippen LogP contribution < -0.4 is 4.74 Å². The second kappa shape index (κ2) is 7.81. The van der Waals surface area contributed by atoms with Gasteiger partial charge in [-0.1, -0.05) is 47.7 Å². The molecule has 0 aliphatic carbocycles. The van der Waals surface area contributed by atoms with Crippen LogP contribution in [0.4, 0.5) is 0 Å². The van der Waals surface area contributed by atoms with Crippen LogP contribution >= 0.6 is 11.3 Å². The van der Waals surface area contributed by atoms with Crippen molar-refractivity contribution in [3.63, 3.8) is 0 Å². The lowest BCUT2D eigenvalue weighted by atomic mass is 10.0. The average molecular weight is 355 g/mol. The van der Waals surface area contributed by atoms with Gasteiger partial charge in [0, 0.05) is 0 Å². The van der Waals surface area contributed by atoms with E-state index in [4.69, 9.17) is 14.2 Å². The fourth-order valence-corrected chi connectivity index (χ4v) is 3.23. The molecule has 0 aliphatic rings. The molecule has 3 rings (SSSR count). The molecule has 0 aliphatic heterocycles. The zero-order chi connectivity index (χ0) is 17.6. The van der Waals surface area contributed by atoms with E-state index in [1.54, 1.807) is 0 Å². The molecule has 1 aromatic heterocycles. The van der Waals surface area contributed by atoms with Crippen LogP contribution in [0.1, 0.15) is 11.1 Å². The minimum atomic E-state index is -0.464. The van der Waals surface area contributed by atoms with Crippen molar-refractivity contribution in [3.8, 4) is 5.19 Å². The Balaban J connectivity index is 1.85. The van der Waals surface area contributed by atoms with Crippen LogP contribution in [0.3, 0.4) is 0 Å². The summed E-state index contributed by atoms with van der Waals surface area (Å²) in [6.45, 7) is 0.286. The number of hydrogen-bond donors (Lipinski definition) is 0. The first kappa shape index (κ1) is 17.0. The van der Waals surface area contributed by atoms with E-state index in [0.29, 0.717) is 16.3 Å². The van der Waals surface area contributed by atoms with Gasteiger partial charge in [0.15, 0.2) is 0 Å². The molecular formula is C19H17NO4S. The van der Waals surface area contributed by atoms with Gasteiger partial charge in [0.25, 0.3) is 5.19 Å². The molecule has 0 radical (unpaired) electrons. The summed E-state index contributed by atoms with van der Waals surface area (Å²) in [6, 6.07) is 15.3. The molecule has 0 bridgehead atoms. The molecular weight excluding hydrogens is 338 g/mol. The number of hydrogen-bond acceptors (Lipinski definition) is 6. The minimum absolute atomic E-state index is 0.286. The molecule has 6 heteroatoms. The summed E-state index contributed by atoms with van der Waals surface area (Å²) >= 11 is 1.49. The number of aromatic nitrogens is 1. The predicted octanol–water partition coefficient (Wildman–Crippen LogP) is 4.04. The number of carbonyl (C=O) groups is 1. The second-order valence-corrected chi connectivity index (χ2v) is 6.15. The fraction of sp³-hybridized carbons (Fsp3) is 0.158. The number of rotatable bonds is 6. The van der Waals surface area contributed by atoms with Crippen molar-refractivity contribution in [1.82, 2.24) is 4.98 Å². The van der Waals surface area contributed by atoms with Crippen LogP contribution in [-0.4, -0.2) is 25.2 Å². The molecule has 0 amide bonds. The summed E-state index contributed by atoms with van der Waals surface area (Å²) in [5, 5.41) is 0.589. The Morgan fingerprint density at radius 2 is 1.88 bits per heavy atom. The lowest BCUT2D eigenvalue weighted by Crippen LogP contribution is -2.08. The highest BCUT2D eigenvalue weighted by atomic mass is 32.1. The van der Waals surface area contributed by atoms with Gasteiger partial charge in [-0.25, -0.2) is 9.78 Å². The molecule has 0 saturated carbocycles. The molecule has 5 nitrogen and oxygen atoms in total. The van der Waals surface area contributed by atoms with Gasteiger partial charge in [-0.3, -0.25) is 0 Å². The highest BCUT2D eigenvalue weighted by Crippen LogP contribution is 2.29. The molecule has 0 fully saturated rings. The van der Waals surface area contributed by atoms with Crippen LogP contribution in [-0.2, 0) is 20.9 Å². The highest BCUT2D eigenvalue weighted by Gasteiger charge is 2.17. The van der Waals surface area contributed by atoms with E-state index in [1.807, 2.05) is 48.5 Å². The van der Waals surface area contributed by atoms with Gasteiger partial charge in [0.05, 0.1) is 30.7 Å². The van der Waals surface area contributed by atoms with Crippen molar-refractivity contribution in [2.75, 3.05) is 14.2 Å². The van der Waals surface area contributed by atoms with Crippen molar-refractivity contribution in [3.05, 3.63) is 65.9 Å². The largest absolute Gasteiger partial charge is 0.503 e. The smallest absolute Gasteiger partial charge is 0.341 e. The van der Waals surface area contributed by atoms with E-state index in [1.165, 1.54) is 31.8 Å². The standard InChI is InChI=1S/C19H17NO4S/c1-22-12-15(18(21)23-2)14-8-4-3-7-13(14)11-24-19-20-16-9-5-6-10-17(16)25-19/h3-10,12H,11H2,1-2H3/b15-12+. The molecule has 0 unspecified atom stereocenters. The summed E-state index contributed by atoms with van der Waals surface area (Å²) in [5.74, 6) is -0.464. The Bertz CT molecular complexity index is 883. The fourth-order valence-electron chi connectivity index (χ4n) is 2.41. The zero-order valence-corrected chi connectivity index (χ0v) is 14.7. The molecule has 2 aromatic carbocycles. The van der Waals surface area contributed by atoms with Crippen LogP contribution in [0.2, 0.25) is 0 Å². The number of benzene rings is 2. The maximum Gasteiger partial charge on any atom is 0.341 e. The first-order valence-electron chi connectivity index (χ1n) is 7.61. The van der Waals surface area contributed by atoms with Crippen LogP contribution in [0.15, 0.2) is 54.8 Å². The molecule has 25 heavy (non-hydrogen) atoms. The normalized spacial score (nSPS) is 11.4. The number of para-hydroxylation sites is 1. The number of methoxy groups -OCH3 is 2. The van der Waals surface area contributed by atoms with Crippen molar-refractivity contribution < 1.29 is 19.0 Å². The van der Waals surface area contributed by atoms with E-state index in [0.717, 1.165) is 15.8 Å². The molecule has 128 valence electrons. The maximum absolute atomic E-state index is 12.0. The van der Waals surface area contributed by atoms with Gasteiger partial charge in [-0.15, -0.1) is 0 Å². The lowest BCUT2D eigenvalue weighted by molar-refractivity contribution is -0.133. The molecule has 0 atom stereocenters.